The van der Waals surface area contributed by atoms with Crippen molar-refractivity contribution in [1.29, 1.82) is 0 Å². The summed E-state index contributed by atoms with van der Waals surface area (Å²) in [4.78, 5) is 9.86. The molecule has 6 heteroatoms. The van der Waals surface area contributed by atoms with Crippen LogP contribution in [0, 0.1) is 0 Å². The molecule has 2 heterocycles. The second-order valence-electron chi connectivity index (χ2n) is 4.29. The molecule has 0 bridgehead atoms. The normalized spacial score (nSPS) is 25.1. The molecule has 1 unspecified atom stereocenters. The zero-order valence-corrected chi connectivity index (χ0v) is 9.78. The second-order valence-corrected chi connectivity index (χ2v) is 4.65. The van der Waals surface area contributed by atoms with Crippen LogP contribution in [0.2, 0.25) is 5.15 Å². The monoisotopic (exact) mass is 243 g/mol. The van der Waals surface area contributed by atoms with E-state index in [1.54, 1.807) is 6.92 Å². The van der Waals surface area contributed by atoms with E-state index in [1.165, 1.54) is 6.33 Å². The van der Waals surface area contributed by atoms with Crippen LogP contribution < -0.4 is 4.90 Å². The first-order valence-corrected chi connectivity index (χ1v) is 5.49. The maximum Gasteiger partial charge on any atom is 0.140 e. The van der Waals surface area contributed by atoms with Crippen molar-refractivity contribution in [2.45, 2.75) is 25.6 Å². The standard InChI is InChI=1S/C10H14ClN3O2/c1-10(16)2-3-14(5-10)9-7(4-15)8(11)12-6-13-9/h6,15-16H,2-5H2,1H3. The minimum Gasteiger partial charge on any atom is -0.391 e. The van der Waals surface area contributed by atoms with E-state index in [1.807, 2.05) is 4.90 Å². The number of nitrogens with zero attached hydrogens (tertiary/aromatic N) is 3. The van der Waals surface area contributed by atoms with Crippen molar-refractivity contribution in [3.8, 4) is 0 Å². The molecule has 16 heavy (non-hydrogen) atoms. The quantitative estimate of drug-likeness (QED) is 0.744. The maximum atomic E-state index is 9.88. The molecule has 1 aliphatic rings. The van der Waals surface area contributed by atoms with Crippen LogP contribution in [0.5, 0.6) is 0 Å². The van der Waals surface area contributed by atoms with Gasteiger partial charge in [0.05, 0.1) is 17.8 Å². The van der Waals surface area contributed by atoms with Gasteiger partial charge in [0.1, 0.15) is 17.3 Å². The topological polar surface area (TPSA) is 69.5 Å². The van der Waals surface area contributed by atoms with Crippen molar-refractivity contribution in [3.63, 3.8) is 0 Å². The third-order valence-corrected chi connectivity index (χ3v) is 3.11. The minimum atomic E-state index is -0.704. The molecule has 0 radical (unpaired) electrons. The number of rotatable bonds is 2. The molecule has 1 saturated heterocycles. The first kappa shape index (κ1) is 11.6. The zero-order valence-electron chi connectivity index (χ0n) is 9.02. The van der Waals surface area contributed by atoms with Crippen LogP contribution in [0.3, 0.4) is 0 Å². The maximum absolute atomic E-state index is 9.88. The lowest BCUT2D eigenvalue weighted by molar-refractivity contribution is 0.0838. The predicted molar refractivity (Wildman–Crippen MR) is 60.4 cm³/mol. The molecule has 1 aromatic heterocycles. The smallest absolute Gasteiger partial charge is 0.140 e. The Labute approximate surface area is 98.7 Å². The summed E-state index contributed by atoms with van der Waals surface area (Å²) in [5, 5.41) is 19.4. The number of hydrogen-bond acceptors (Lipinski definition) is 5. The summed E-state index contributed by atoms with van der Waals surface area (Å²) in [6, 6.07) is 0. The Bertz CT molecular complexity index is 398. The van der Waals surface area contributed by atoms with Crippen LogP contribution >= 0.6 is 11.6 Å². The Morgan fingerprint density at radius 3 is 2.88 bits per heavy atom. The van der Waals surface area contributed by atoms with Gasteiger partial charge >= 0.3 is 0 Å². The predicted octanol–water partition coefficient (Wildman–Crippen LogP) is 0.583. The SMILES string of the molecule is CC1(O)CCN(c2ncnc(Cl)c2CO)C1. The van der Waals surface area contributed by atoms with Gasteiger partial charge in [0.2, 0.25) is 0 Å². The Morgan fingerprint density at radius 1 is 1.56 bits per heavy atom. The van der Waals surface area contributed by atoms with Crippen LogP contribution in [-0.2, 0) is 6.61 Å². The van der Waals surface area contributed by atoms with E-state index < -0.39 is 5.60 Å². The largest absolute Gasteiger partial charge is 0.391 e. The first-order chi connectivity index (χ1) is 7.53. The van der Waals surface area contributed by atoms with Crippen LogP contribution in [0.4, 0.5) is 5.82 Å². The number of aromatic nitrogens is 2. The van der Waals surface area contributed by atoms with E-state index in [9.17, 15) is 10.2 Å². The number of β-amino-alcohol motifs (C(OH)–C–C–N with tert-alkyl or cyclic N) is 1. The highest BCUT2D eigenvalue weighted by atomic mass is 35.5. The van der Waals surface area contributed by atoms with Gasteiger partial charge < -0.3 is 15.1 Å². The minimum absolute atomic E-state index is 0.201. The molecule has 2 N–H and O–H groups in total. The number of halogens is 1. The third-order valence-electron chi connectivity index (χ3n) is 2.78. The lowest BCUT2D eigenvalue weighted by Gasteiger charge is -2.21. The lowest BCUT2D eigenvalue weighted by atomic mass is 10.1. The Hall–Kier alpha value is -0.910. The Balaban J connectivity index is 2.31. The average Bonchev–Trinajstić information content (AvgIpc) is 2.58. The van der Waals surface area contributed by atoms with Gasteiger partial charge in [-0.1, -0.05) is 11.6 Å². The molecule has 0 amide bonds. The van der Waals surface area contributed by atoms with E-state index in [0.717, 1.165) is 0 Å². The highest BCUT2D eigenvalue weighted by Crippen LogP contribution is 2.29. The van der Waals surface area contributed by atoms with Crippen LogP contribution in [0.1, 0.15) is 18.9 Å². The van der Waals surface area contributed by atoms with Gasteiger partial charge in [-0.15, -0.1) is 0 Å². The van der Waals surface area contributed by atoms with Gasteiger partial charge in [0.25, 0.3) is 0 Å². The van der Waals surface area contributed by atoms with Crippen molar-refractivity contribution < 1.29 is 10.2 Å². The number of aliphatic hydroxyl groups excluding tert-OH is 1. The highest BCUT2D eigenvalue weighted by molar-refractivity contribution is 6.30. The number of aliphatic hydroxyl groups is 2. The summed E-state index contributed by atoms with van der Waals surface area (Å²) in [7, 11) is 0. The van der Waals surface area contributed by atoms with E-state index >= 15 is 0 Å². The van der Waals surface area contributed by atoms with Gasteiger partial charge in [-0.25, -0.2) is 9.97 Å². The summed E-state index contributed by atoms with van der Waals surface area (Å²) in [5.74, 6) is 0.611. The molecule has 5 nitrogen and oxygen atoms in total. The van der Waals surface area contributed by atoms with E-state index in [-0.39, 0.29) is 11.8 Å². The molecule has 2 rings (SSSR count). The molecule has 1 fully saturated rings. The average molecular weight is 244 g/mol. The van der Waals surface area contributed by atoms with Gasteiger partial charge in [0.15, 0.2) is 0 Å². The third kappa shape index (κ3) is 2.11. The van der Waals surface area contributed by atoms with Gasteiger partial charge in [-0.3, -0.25) is 0 Å². The molecule has 0 aromatic carbocycles. The van der Waals surface area contributed by atoms with Crippen LogP contribution in [0.15, 0.2) is 6.33 Å². The fourth-order valence-electron chi connectivity index (χ4n) is 1.92. The van der Waals surface area contributed by atoms with Crippen LogP contribution in [0.25, 0.3) is 0 Å². The molecule has 1 aliphatic heterocycles. The van der Waals surface area contributed by atoms with Crippen molar-refractivity contribution in [3.05, 3.63) is 17.0 Å². The molecule has 0 aliphatic carbocycles. The van der Waals surface area contributed by atoms with Crippen molar-refractivity contribution in [1.82, 2.24) is 9.97 Å². The van der Waals surface area contributed by atoms with E-state index in [4.69, 9.17) is 11.6 Å². The van der Waals surface area contributed by atoms with Gasteiger partial charge in [0, 0.05) is 13.1 Å². The van der Waals surface area contributed by atoms with Gasteiger partial charge in [-0.05, 0) is 13.3 Å². The molecule has 1 atom stereocenters. The summed E-state index contributed by atoms with van der Waals surface area (Å²) in [6.07, 6.45) is 2.04. The van der Waals surface area contributed by atoms with E-state index in [2.05, 4.69) is 9.97 Å². The van der Waals surface area contributed by atoms with Crippen LogP contribution in [-0.4, -0.2) is 38.9 Å². The molecular formula is C10H14ClN3O2. The number of anilines is 1. The molecular weight excluding hydrogens is 230 g/mol. The molecule has 0 spiro atoms. The lowest BCUT2D eigenvalue weighted by Crippen LogP contribution is -2.30. The van der Waals surface area contributed by atoms with Crippen molar-refractivity contribution >= 4 is 17.4 Å². The summed E-state index contributed by atoms with van der Waals surface area (Å²) in [6.45, 7) is 2.78. The Morgan fingerprint density at radius 2 is 2.31 bits per heavy atom. The fourth-order valence-corrected chi connectivity index (χ4v) is 2.10. The molecule has 0 saturated carbocycles. The summed E-state index contributed by atoms with van der Waals surface area (Å²) >= 11 is 5.88. The van der Waals surface area contributed by atoms with Gasteiger partial charge in [-0.2, -0.15) is 0 Å². The van der Waals surface area contributed by atoms with Crippen molar-refractivity contribution in [2.24, 2.45) is 0 Å². The molecule has 88 valence electrons. The zero-order chi connectivity index (χ0) is 11.8. The van der Waals surface area contributed by atoms with Crippen molar-refractivity contribution in [2.75, 3.05) is 18.0 Å². The summed E-state index contributed by atoms with van der Waals surface area (Å²) in [5.41, 5.74) is -0.189. The second kappa shape index (κ2) is 4.16. The fraction of sp³-hybridized carbons (Fsp3) is 0.600. The highest BCUT2D eigenvalue weighted by Gasteiger charge is 2.33. The summed E-state index contributed by atoms with van der Waals surface area (Å²) < 4.78 is 0. The first-order valence-electron chi connectivity index (χ1n) is 5.11. The number of hydrogen-bond donors (Lipinski definition) is 2. The Kier molecular flexibility index (Phi) is 3.01. The van der Waals surface area contributed by atoms with E-state index in [0.29, 0.717) is 30.9 Å². The molecule has 1 aromatic rings.